The molecular formula is C23H30N6. The third-order valence-corrected chi connectivity index (χ3v) is 5.07. The van der Waals surface area contributed by atoms with Crippen LogP contribution in [0.4, 0.5) is 29.2 Å². The normalized spacial score (nSPS) is 10.7. The minimum atomic E-state index is 0.526. The highest BCUT2D eigenvalue weighted by atomic mass is 15.3. The standard InChI is InChI=1S/C23H30N6/c1-7-29(8-2)23-27-21(24-19-12-11-16(4)18(6)14-19)26-22(28-23)25-20-13-15(3)9-10-17(20)5/h9-14H,7-8H2,1-6H3,(H2,24,25,26,27,28). The second kappa shape index (κ2) is 8.90. The van der Waals surface area contributed by atoms with Gasteiger partial charge in [0.1, 0.15) is 0 Å². The lowest BCUT2D eigenvalue weighted by Crippen LogP contribution is -2.25. The van der Waals surface area contributed by atoms with Crippen LogP contribution in [0.15, 0.2) is 36.4 Å². The molecule has 0 bridgehead atoms. The van der Waals surface area contributed by atoms with Gasteiger partial charge >= 0.3 is 0 Å². The lowest BCUT2D eigenvalue weighted by atomic mass is 10.1. The first-order valence-corrected chi connectivity index (χ1v) is 10.1. The average Bonchev–Trinajstić information content (AvgIpc) is 2.68. The highest BCUT2D eigenvalue weighted by Gasteiger charge is 2.13. The Morgan fingerprint density at radius 1 is 0.724 bits per heavy atom. The fraction of sp³-hybridized carbons (Fsp3) is 0.348. The van der Waals surface area contributed by atoms with Crippen molar-refractivity contribution in [2.24, 2.45) is 0 Å². The number of anilines is 5. The average molecular weight is 391 g/mol. The summed E-state index contributed by atoms with van der Waals surface area (Å²) in [7, 11) is 0. The van der Waals surface area contributed by atoms with Crippen LogP contribution in [-0.4, -0.2) is 28.0 Å². The summed E-state index contributed by atoms with van der Waals surface area (Å²) >= 11 is 0. The van der Waals surface area contributed by atoms with Crippen LogP contribution in [0.1, 0.15) is 36.1 Å². The molecule has 2 aromatic carbocycles. The van der Waals surface area contributed by atoms with Gasteiger partial charge in [-0.25, -0.2) is 0 Å². The van der Waals surface area contributed by atoms with Crippen molar-refractivity contribution in [2.45, 2.75) is 41.5 Å². The predicted octanol–water partition coefficient (Wildman–Crippen LogP) is 5.44. The minimum Gasteiger partial charge on any atom is -0.341 e. The molecule has 0 unspecified atom stereocenters. The van der Waals surface area contributed by atoms with Gasteiger partial charge in [0, 0.05) is 24.5 Å². The second-order valence-corrected chi connectivity index (χ2v) is 7.32. The Balaban J connectivity index is 1.98. The molecule has 0 aliphatic carbocycles. The van der Waals surface area contributed by atoms with Gasteiger partial charge in [0.2, 0.25) is 17.8 Å². The van der Waals surface area contributed by atoms with E-state index in [1.165, 1.54) is 16.7 Å². The lowest BCUT2D eigenvalue weighted by Gasteiger charge is -2.20. The fourth-order valence-electron chi connectivity index (χ4n) is 3.06. The molecule has 0 saturated heterocycles. The van der Waals surface area contributed by atoms with Crippen LogP contribution in [-0.2, 0) is 0 Å². The molecule has 0 spiro atoms. The van der Waals surface area contributed by atoms with Crippen LogP contribution in [0.2, 0.25) is 0 Å². The van der Waals surface area contributed by atoms with Crippen molar-refractivity contribution in [1.29, 1.82) is 0 Å². The maximum absolute atomic E-state index is 4.67. The van der Waals surface area contributed by atoms with E-state index in [4.69, 9.17) is 0 Å². The first-order chi connectivity index (χ1) is 13.9. The van der Waals surface area contributed by atoms with Crippen molar-refractivity contribution in [3.05, 3.63) is 58.7 Å². The van der Waals surface area contributed by atoms with E-state index in [2.05, 4.69) is 102 Å². The maximum atomic E-state index is 4.67. The van der Waals surface area contributed by atoms with Crippen molar-refractivity contribution in [2.75, 3.05) is 28.6 Å². The topological polar surface area (TPSA) is 66.0 Å². The van der Waals surface area contributed by atoms with Gasteiger partial charge in [-0.3, -0.25) is 0 Å². The Hall–Kier alpha value is -3.15. The smallest absolute Gasteiger partial charge is 0.233 e. The summed E-state index contributed by atoms with van der Waals surface area (Å²) in [4.78, 5) is 16.1. The monoisotopic (exact) mass is 390 g/mol. The Morgan fingerprint density at radius 3 is 2.03 bits per heavy atom. The summed E-state index contributed by atoms with van der Waals surface area (Å²) in [5.74, 6) is 1.71. The molecule has 1 aromatic heterocycles. The predicted molar refractivity (Wildman–Crippen MR) is 122 cm³/mol. The zero-order valence-corrected chi connectivity index (χ0v) is 18.2. The highest BCUT2D eigenvalue weighted by molar-refractivity contribution is 5.63. The SMILES string of the molecule is CCN(CC)c1nc(Nc2ccc(C)c(C)c2)nc(Nc2cc(C)ccc2C)n1. The van der Waals surface area contributed by atoms with Gasteiger partial charge in [-0.15, -0.1) is 0 Å². The second-order valence-electron chi connectivity index (χ2n) is 7.32. The van der Waals surface area contributed by atoms with Gasteiger partial charge in [-0.2, -0.15) is 15.0 Å². The number of rotatable bonds is 7. The van der Waals surface area contributed by atoms with Crippen molar-refractivity contribution in [3.63, 3.8) is 0 Å². The van der Waals surface area contributed by atoms with Gasteiger partial charge in [0.05, 0.1) is 0 Å². The zero-order valence-electron chi connectivity index (χ0n) is 18.2. The van der Waals surface area contributed by atoms with Crippen LogP contribution >= 0.6 is 0 Å². The first kappa shape index (κ1) is 20.6. The summed E-state index contributed by atoms with van der Waals surface area (Å²) in [6, 6.07) is 12.5. The molecule has 2 N–H and O–H groups in total. The quantitative estimate of drug-likeness (QED) is 0.560. The summed E-state index contributed by atoms with van der Waals surface area (Å²) < 4.78 is 0. The maximum Gasteiger partial charge on any atom is 0.233 e. The van der Waals surface area contributed by atoms with E-state index < -0.39 is 0 Å². The zero-order chi connectivity index (χ0) is 21.0. The third-order valence-electron chi connectivity index (χ3n) is 5.07. The number of nitrogens with zero attached hydrogens (tertiary/aromatic N) is 4. The molecule has 152 valence electrons. The van der Waals surface area contributed by atoms with E-state index in [1.807, 2.05) is 6.07 Å². The van der Waals surface area contributed by atoms with E-state index >= 15 is 0 Å². The van der Waals surface area contributed by atoms with Gasteiger partial charge in [-0.1, -0.05) is 18.2 Å². The van der Waals surface area contributed by atoms with Crippen molar-refractivity contribution in [1.82, 2.24) is 15.0 Å². The Labute approximate surface area is 173 Å². The molecule has 0 atom stereocenters. The summed E-state index contributed by atoms with van der Waals surface area (Å²) in [5, 5.41) is 6.71. The molecule has 0 radical (unpaired) electrons. The number of aromatic nitrogens is 3. The van der Waals surface area contributed by atoms with E-state index in [9.17, 15) is 0 Å². The van der Waals surface area contributed by atoms with Crippen molar-refractivity contribution in [3.8, 4) is 0 Å². The summed E-state index contributed by atoms with van der Waals surface area (Å²) in [6.45, 7) is 14.2. The highest BCUT2D eigenvalue weighted by Crippen LogP contribution is 2.24. The van der Waals surface area contributed by atoms with Crippen LogP contribution < -0.4 is 15.5 Å². The first-order valence-electron chi connectivity index (χ1n) is 10.1. The van der Waals surface area contributed by atoms with Gasteiger partial charge < -0.3 is 15.5 Å². The lowest BCUT2D eigenvalue weighted by molar-refractivity contribution is 0.815. The Morgan fingerprint density at radius 2 is 1.38 bits per heavy atom. The van der Waals surface area contributed by atoms with Gasteiger partial charge in [0.15, 0.2) is 0 Å². The molecule has 1 heterocycles. The van der Waals surface area contributed by atoms with E-state index in [1.54, 1.807) is 0 Å². The fourth-order valence-corrected chi connectivity index (χ4v) is 3.06. The molecular weight excluding hydrogens is 360 g/mol. The van der Waals surface area contributed by atoms with Gasteiger partial charge in [0.25, 0.3) is 0 Å². The van der Waals surface area contributed by atoms with Crippen LogP contribution in [0, 0.1) is 27.7 Å². The van der Waals surface area contributed by atoms with E-state index in [-0.39, 0.29) is 0 Å². The largest absolute Gasteiger partial charge is 0.341 e. The molecule has 0 saturated carbocycles. The summed E-state index contributed by atoms with van der Waals surface area (Å²) in [6.07, 6.45) is 0. The Kier molecular flexibility index (Phi) is 6.32. The van der Waals surface area contributed by atoms with Crippen LogP contribution in [0.3, 0.4) is 0 Å². The number of benzene rings is 2. The number of hydrogen-bond acceptors (Lipinski definition) is 6. The van der Waals surface area contributed by atoms with Crippen molar-refractivity contribution >= 4 is 29.2 Å². The minimum absolute atomic E-state index is 0.526. The molecule has 0 amide bonds. The van der Waals surface area contributed by atoms with Crippen LogP contribution in [0.25, 0.3) is 0 Å². The van der Waals surface area contributed by atoms with Crippen LogP contribution in [0.5, 0.6) is 0 Å². The molecule has 29 heavy (non-hydrogen) atoms. The van der Waals surface area contributed by atoms with Crippen molar-refractivity contribution < 1.29 is 0 Å². The Bertz CT molecular complexity index is 995. The third kappa shape index (κ3) is 5.02. The molecule has 6 nitrogen and oxygen atoms in total. The van der Waals surface area contributed by atoms with Gasteiger partial charge in [-0.05, 0) is 82.0 Å². The summed E-state index contributed by atoms with van der Waals surface area (Å²) in [5.41, 5.74) is 6.77. The molecule has 0 aliphatic heterocycles. The molecule has 6 heteroatoms. The molecule has 3 aromatic rings. The molecule has 3 rings (SSSR count). The number of hydrogen-bond donors (Lipinski definition) is 2. The number of nitrogens with one attached hydrogen (secondary N) is 2. The molecule has 0 fully saturated rings. The molecule has 0 aliphatic rings. The number of aryl methyl sites for hydroxylation is 4. The van der Waals surface area contributed by atoms with E-state index in [0.717, 1.165) is 30.0 Å². The van der Waals surface area contributed by atoms with E-state index in [0.29, 0.717) is 17.8 Å².